The number of rotatable bonds is 6. The Morgan fingerprint density at radius 1 is 0.857 bits per heavy atom. The molecule has 0 N–H and O–H groups in total. The van der Waals surface area contributed by atoms with Crippen molar-refractivity contribution < 1.29 is 0 Å². The largest absolute Gasteiger partial charge is 0.301 e. The zero-order valence-electron chi connectivity index (χ0n) is 11.2. The first-order valence-electron chi connectivity index (χ1n) is 6.08. The predicted molar refractivity (Wildman–Crippen MR) is 65.6 cm³/mol. The van der Waals surface area contributed by atoms with Crippen LogP contribution in [0.15, 0.2) is 0 Å². The molecule has 0 aliphatic rings. The van der Waals surface area contributed by atoms with Crippen molar-refractivity contribution in [2.75, 3.05) is 7.05 Å². The Morgan fingerprint density at radius 3 is 1.71 bits per heavy atom. The SMILES string of the molecule is CC(C)CC[C@H](C)N(C)[C@@H](C)C(C)C. The van der Waals surface area contributed by atoms with E-state index in [0.29, 0.717) is 6.04 Å². The lowest BCUT2D eigenvalue weighted by atomic mass is 9.99. The molecule has 0 aliphatic carbocycles. The predicted octanol–water partition coefficient (Wildman–Crippen LogP) is 3.79. The molecule has 0 aromatic rings. The molecule has 0 fully saturated rings. The molecule has 0 rings (SSSR count). The average Bonchev–Trinajstić information content (AvgIpc) is 2.11. The summed E-state index contributed by atoms with van der Waals surface area (Å²) in [5, 5.41) is 0. The smallest absolute Gasteiger partial charge is 0.00896 e. The molecule has 2 atom stereocenters. The number of hydrogen-bond acceptors (Lipinski definition) is 1. The summed E-state index contributed by atoms with van der Waals surface area (Å²) in [5.41, 5.74) is 0. The van der Waals surface area contributed by atoms with Crippen LogP contribution in [0.1, 0.15) is 54.4 Å². The fourth-order valence-corrected chi connectivity index (χ4v) is 1.65. The van der Waals surface area contributed by atoms with Gasteiger partial charge in [-0.05, 0) is 45.6 Å². The van der Waals surface area contributed by atoms with Gasteiger partial charge in [0.15, 0.2) is 0 Å². The third-order valence-electron chi connectivity index (χ3n) is 3.46. The summed E-state index contributed by atoms with van der Waals surface area (Å²) < 4.78 is 0. The Morgan fingerprint density at radius 2 is 1.36 bits per heavy atom. The van der Waals surface area contributed by atoms with Crippen LogP contribution in [0.3, 0.4) is 0 Å². The molecule has 0 unspecified atom stereocenters. The number of nitrogens with zero attached hydrogens (tertiary/aromatic N) is 1. The normalized spacial score (nSPS) is 16.7. The van der Waals surface area contributed by atoms with Gasteiger partial charge in [0, 0.05) is 12.1 Å². The summed E-state index contributed by atoms with van der Waals surface area (Å²) >= 11 is 0. The molecule has 0 radical (unpaired) electrons. The van der Waals surface area contributed by atoms with E-state index in [0.717, 1.165) is 17.9 Å². The van der Waals surface area contributed by atoms with Crippen LogP contribution in [0.4, 0.5) is 0 Å². The summed E-state index contributed by atoms with van der Waals surface area (Å²) in [6.45, 7) is 13.9. The van der Waals surface area contributed by atoms with E-state index in [9.17, 15) is 0 Å². The van der Waals surface area contributed by atoms with Crippen molar-refractivity contribution >= 4 is 0 Å². The molecule has 0 amide bonds. The van der Waals surface area contributed by atoms with Crippen LogP contribution in [-0.2, 0) is 0 Å². The Bertz CT molecular complexity index is 140. The molecule has 0 bridgehead atoms. The van der Waals surface area contributed by atoms with Crippen LogP contribution in [0, 0.1) is 11.8 Å². The van der Waals surface area contributed by atoms with Gasteiger partial charge < -0.3 is 4.90 Å². The third-order valence-corrected chi connectivity index (χ3v) is 3.46. The highest BCUT2D eigenvalue weighted by atomic mass is 15.1. The van der Waals surface area contributed by atoms with Gasteiger partial charge in [0.25, 0.3) is 0 Å². The molecule has 86 valence electrons. The summed E-state index contributed by atoms with van der Waals surface area (Å²) in [4.78, 5) is 2.52. The van der Waals surface area contributed by atoms with Crippen molar-refractivity contribution in [1.82, 2.24) is 4.90 Å². The minimum Gasteiger partial charge on any atom is -0.301 e. The zero-order valence-corrected chi connectivity index (χ0v) is 11.2. The van der Waals surface area contributed by atoms with Crippen LogP contribution in [0.25, 0.3) is 0 Å². The Kier molecular flexibility index (Phi) is 6.43. The van der Waals surface area contributed by atoms with Crippen LogP contribution < -0.4 is 0 Å². The first-order valence-corrected chi connectivity index (χ1v) is 6.08. The molecule has 1 nitrogen and oxygen atoms in total. The van der Waals surface area contributed by atoms with Gasteiger partial charge in [0.1, 0.15) is 0 Å². The molecule has 14 heavy (non-hydrogen) atoms. The van der Waals surface area contributed by atoms with Gasteiger partial charge in [-0.15, -0.1) is 0 Å². The highest BCUT2D eigenvalue weighted by molar-refractivity contribution is 4.72. The second-order valence-electron chi connectivity index (χ2n) is 5.47. The second kappa shape index (κ2) is 6.44. The molecule has 1 heteroatoms. The van der Waals surface area contributed by atoms with Gasteiger partial charge in [-0.3, -0.25) is 0 Å². The zero-order chi connectivity index (χ0) is 11.3. The van der Waals surface area contributed by atoms with E-state index in [1.165, 1.54) is 12.8 Å². The van der Waals surface area contributed by atoms with Crippen molar-refractivity contribution in [2.24, 2.45) is 11.8 Å². The van der Waals surface area contributed by atoms with Gasteiger partial charge in [-0.1, -0.05) is 27.7 Å². The average molecular weight is 199 g/mol. The Labute approximate surface area is 90.9 Å². The van der Waals surface area contributed by atoms with Crippen LogP contribution >= 0.6 is 0 Å². The summed E-state index contributed by atoms with van der Waals surface area (Å²) in [6.07, 6.45) is 2.67. The second-order valence-corrected chi connectivity index (χ2v) is 5.47. The van der Waals surface area contributed by atoms with Gasteiger partial charge in [0.05, 0.1) is 0 Å². The number of hydrogen-bond donors (Lipinski definition) is 0. The Hall–Kier alpha value is -0.0400. The topological polar surface area (TPSA) is 3.24 Å². The van der Waals surface area contributed by atoms with Crippen LogP contribution in [0.5, 0.6) is 0 Å². The molecule has 0 saturated carbocycles. The summed E-state index contributed by atoms with van der Waals surface area (Å²) in [6, 6.07) is 1.41. The highest BCUT2D eigenvalue weighted by Gasteiger charge is 2.18. The van der Waals surface area contributed by atoms with E-state index in [2.05, 4.69) is 53.5 Å². The lowest BCUT2D eigenvalue weighted by Gasteiger charge is -2.33. The lowest BCUT2D eigenvalue weighted by molar-refractivity contribution is 0.147. The van der Waals surface area contributed by atoms with E-state index in [4.69, 9.17) is 0 Å². The fraction of sp³-hybridized carbons (Fsp3) is 1.00. The highest BCUT2D eigenvalue weighted by Crippen LogP contribution is 2.16. The standard InChI is InChI=1S/C13H29N/c1-10(2)8-9-12(5)14(7)13(6)11(3)4/h10-13H,8-9H2,1-7H3/t12-,13-/m0/s1. The first-order chi connectivity index (χ1) is 6.36. The van der Waals surface area contributed by atoms with Crippen molar-refractivity contribution in [3.63, 3.8) is 0 Å². The summed E-state index contributed by atoms with van der Waals surface area (Å²) in [5.74, 6) is 1.58. The van der Waals surface area contributed by atoms with Gasteiger partial charge in [-0.25, -0.2) is 0 Å². The van der Waals surface area contributed by atoms with E-state index >= 15 is 0 Å². The van der Waals surface area contributed by atoms with Crippen molar-refractivity contribution in [3.05, 3.63) is 0 Å². The maximum Gasteiger partial charge on any atom is 0.00896 e. The maximum atomic E-state index is 2.52. The van der Waals surface area contributed by atoms with E-state index in [1.807, 2.05) is 0 Å². The molecule has 0 aliphatic heterocycles. The molecule has 0 aromatic heterocycles. The first kappa shape index (κ1) is 14.0. The molecule has 0 heterocycles. The summed E-state index contributed by atoms with van der Waals surface area (Å²) in [7, 11) is 2.26. The van der Waals surface area contributed by atoms with E-state index < -0.39 is 0 Å². The quantitative estimate of drug-likeness (QED) is 0.629. The van der Waals surface area contributed by atoms with Crippen molar-refractivity contribution in [2.45, 2.75) is 66.5 Å². The third kappa shape index (κ3) is 4.99. The van der Waals surface area contributed by atoms with Crippen LogP contribution in [-0.4, -0.2) is 24.0 Å². The van der Waals surface area contributed by atoms with E-state index in [-0.39, 0.29) is 0 Å². The minimum atomic E-state index is 0.692. The maximum absolute atomic E-state index is 2.52. The molecule has 0 spiro atoms. The minimum absolute atomic E-state index is 0.692. The monoisotopic (exact) mass is 199 g/mol. The van der Waals surface area contributed by atoms with E-state index in [1.54, 1.807) is 0 Å². The van der Waals surface area contributed by atoms with Crippen molar-refractivity contribution in [1.29, 1.82) is 0 Å². The van der Waals surface area contributed by atoms with Crippen molar-refractivity contribution in [3.8, 4) is 0 Å². The molecular formula is C13H29N. The lowest BCUT2D eigenvalue weighted by Crippen LogP contribution is -2.39. The molecular weight excluding hydrogens is 170 g/mol. The van der Waals surface area contributed by atoms with Gasteiger partial charge in [-0.2, -0.15) is 0 Å². The molecule has 0 saturated heterocycles. The van der Waals surface area contributed by atoms with Crippen LogP contribution in [0.2, 0.25) is 0 Å². The Balaban J connectivity index is 3.92. The molecule has 0 aromatic carbocycles. The fourth-order valence-electron chi connectivity index (χ4n) is 1.65. The van der Waals surface area contributed by atoms with Gasteiger partial charge in [0.2, 0.25) is 0 Å². The van der Waals surface area contributed by atoms with Gasteiger partial charge >= 0.3 is 0 Å².